The van der Waals surface area contributed by atoms with Crippen LogP contribution in [0.2, 0.25) is 0 Å². The maximum atomic E-state index is 10.3. The van der Waals surface area contributed by atoms with E-state index in [4.69, 9.17) is 10.5 Å². The lowest BCUT2D eigenvalue weighted by atomic mass is 9.95. The van der Waals surface area contributed by atoms with E-state index in [2.05, 4.69) is 15.0 Å². The lowest BCUT2D eigenvalue weighted by Crippen LogP contribution is -2.47. The third kappa shape index (κ3) is 2.09. The Hall–Kier alpha value is -1.65. The maximum absolute atomic E-state index is 10.3. The van der Waals surface area contributed by atoms with E-state index in [1.54, 1.807) is 5.38 Å². The van der Waals surface area contributed by atoms with Crippen LogP contribution in [0.3, 0.4) is 0 Å². The minimum absolute atomic E-state index is 0.345. The number of aliphatic hydroxyl groups excluding tert-OH is 3. The first kappa shape index (κ1) is 15.3. The van der Waals surface area contributed by atoms with Crippen molar-refractivity contribution in [3.8, 4) is 0 Å². The van der Waals surface area contributed by atoms with Crippen molar-refractivity contribution in [1.29, 1.82) is 0 Å². The van der Waals surface area contributed by atoms with Crippen LogP contribution in [-0.2, 0) is 4.74 Å². The molecule has 3 heterocycles. The van der Waals surface area contributed by atoms with Gasteiger partial charge in [0.25, 0.3) is 0 Å². The number of aromatic nitrogens is 2. The van der Waals surface area contributed by atoms with E-state index >= 15 is 0 Å². The van der Waals surface area contributed by atoms with Crippen LogP contribution < -0.4 is 5.73 Å². The molecule has 4 atom stereocenters. The van der Waals surface area contributed by atoms with Crippen molar-refractivity contribution in [3.05, 3.63) is 17.3 Å². The number of anilines is 1. The van der Waals surface area contributed by atoms with Gasteiger partial charge in [0.2, 0.25) is 0 Å². The number of hydrogen-bond donors (Lipinski definition) is 4. The Morgan fingerprint density at radius 1 is 1.50 bits per heavy atom. The molecule has 118 valence electrons. The van der Waals surface area contributed by atoms with Gasteiger partial charge >= 0.3 is 0 Å². The van der Waals surface area contributed by atoms with Crippen LogP contribution in [-0.4, -0.2) is 63.0 Å². The van der Waals surface area contributed by atoms with Crippen molar-refractivity contribution < 1.29 is 20.1 Å². The van der Waals surface area contributed by atoms with Gasteiger partial charge in [-0.25, -0.2) is 9.97 Å². The molecule has 0 aliphatic carbocycles. The summed E-state index contributed by atoms with van der Waals surface area (Å²) in [5, 5.41) is 31.9. The summed E-state index contributed by atoms with van der Waals surface area (Å²) >= 11 is 1.33. The normalized spacial score (nSPS) is 32.3. The molecule has 0 spiro atoms. The van der Waals surface area contributed by atoms with Crippen LogP contribution >= 0.6 is 11.3 Å². The molecule has 2 aromatic rings. The predicted octanol–water partition coefficient (Wildman–Crippen LogP) is -0.502. The molecule has 3 rings (SSSR count). The largest absolute Gasteiger partial charge is 0.393 e. The van der Waals surface area contributed by atoms with Gasteiger partial charge in [-0.3, -0.25) is 4.99 Å². The number of nitrogens with zero attached hydrogens (tertiary/aromatic N) is 3. The van der Waals surface area contributed by atoms with Gasteiger partial charge in [0.1, 0.15) is 30.5 Å². The zero-order valence-corrected chi connectivity index (χ0v) is 12.6. The molecule has 0 radical (unpaired) electrons. The molecule has 8 nitrogen and oxygen atoms in total. The summed E-state index contributed by atoms with van der Waals surface area (Å²) in [5.74, 6) is 0.345. The molecule has 0 bridgehead atoms. The third-order valence-electron chi connectivity index (χ3n) is 3.79. The number of rotatable bonds is 3. The molecule has 1 saturated heterocycles. The van der Waals surface area contributed by atoms with Crippen LogP contribution in [0.5, 0.6) is 0 Å². The van der Waals surface area contributed by atoms with E-state index in [1.807, 2.05) is 0 Å². The van der Waals surface area contributed by atoms with Crippen LogP contribution in [0.25, 0.3) is 10.2 Å². The second-order valence-electron chi connectivity index (χ2n) is 5.10. The molecule has 9 heteroatoms. The molecule has 1 aliphatic heterocycles. The van der Waals surface area contributed by atoms with Gasteiger partial charge in [-0.1, -0.05) is 0 Å². The predicted molar refractivity (Wildman–Crippen MR) is 81.9 cm³/mol. The molecule has 0 unspecified atom stereocenters. The molecule has 1 aliphatic rings. The zero-order chi connectivity index (χ0) is 15.9. The molecule has 22 heavy (non-hydrogen) atoms. The lowest BCUT2D eigenvalue weighted by Gasteiger charge is -2.25. The highest BCUT2D eigenvalue weighted by atomic mass is 32.1. The fraction of sp³-hybridized carbons (Fsp3) is 0.462. The van der Waals surface area contributed by atoms with Gasteiger partial charge in [-0.2, -0.15) is 0 Å². The average molecular weight is 324 g/mol. The standard InChI is InChI=1S/C13H16N4O4S/c1-15-3-13(4-18)11(20)8(19)9(21-13)6-2-22-10-7(6)16-5-17-12(10)14/h2-3,5,8-9,11,18-20H,4H2,1H3,(H2,14,16,17)/t8-,9-,11-,13+/m0/s1. The van der Waals surface area contributed by atoms with Crippen molar-refractivity contribution in [2.45, 2.75) is 23.9 Å². The van der Waals surface area contributed by atoms with Gasteiger partial charge in [0.05, 0.1) is 16.8 Å². The minimum Gasteiger partial charge on any atom is -0.393 e. The van der Waals surface area contributed by atoms with Crippen LogP contribution in [0.15, 0.2) is 16.7 Å². The first-order chi connectivity index (χ1) is 10.5. The van der Waals surface area contributed by atoms with Crippen LogP contribution in [0.4, 0.5) is 5.82 Å². The van der Waals surface area contributed by atoms with Crippen molar-refractivity contribution in [2.24, 2.45) is 4.99 Å². The van der Waals surface area contributed by atoms with E-state index in [0.717, 1.165) is 0 Å². The first-order valence-electron chi connectivity index (χ1n) is 6.59. The third-order valence-corrected chi connectivity index (χ3v) is 4.80. The summed E-state index contributed by atoms with van der Waals surface area (Å²) in [6.45, 7) is -0.502. The fourth-order valence-corrected chi connectivity index (χ4v) is 3.61. The van der Waals surface area contributed by atoms with E-state index in [9.17, 15) is 15.3 Å². The average Bonchev–Trinajstić information content (AvgIpc) is 3.04. The Morgan fingerprint density at radius 3 is 2.95 bits per heavy atom. The van der Waals surface area contributed by atoms with E-state index in [-0.39, 0.29) is 0 Å². The Bertz CT molecular complexity index is 721. The molecule has 1 fully saturated rings. The highest BCUT2D eigenvalue weighted by Gasteiger charge is 2.54. The SMILES string of the molecule is CN=C[C@]1(CO)O[C@@H](c2csc3c(N)ncnc23)[C@H](O)[C@@H]1O. The summed E-state index contributed by atoms with van der Waals surface area (Å²) in [6.07, 6.45) is -0.736. The monoisotopic (exact) mass is 324 g/mol. The molecule has 0 aromatic carbocycles. The highest BCUT2D eigenvalue weighted by Crippen LogP contribution is 2.43. The number of hydrogen-bond acceptors (Lipinski definition) is 9. The smallest absolute Gasteiger partial charge is 0.155 e. The van der Waals surface area contributed by atoms with E-state index in [0.29, 0.717) is 21.6 Å². The van der Waals surface area contributed by atoms with Gasteiger partial charge in [-0.15, -0.1) is 11.3 Å². The number of nitrogens with two attached hydrogens (primary N) is 1. The molecule has 0 saturated carbocycles. The number of thiophene rings is 1. The zero-order valence-electron chi connectivity index (χ0n) is 11.7. The summed E-state index contributed by atoms with van der Waals surface area (Å²) in [4.78, 5) is 11.9. The summed E-state index contributed by atoms with van der Waals surface area (Å²) in [6, 6.07) is 0. The fourth-order valence-electron chi connectivity index (χ4n) is 2.66. The van der Waals surface area contributed by atoms with Crippen molar-refractivity contribution in [2.75, 3.05) is 19.4 Å². The Labute approximate surface area is 129 Å². The summed E-state index contributed by atoms with van der Waals surface area (Å²) < 4.78 is 6.45. The summed E-state index contributed by atoms with van der Waals surface area (Å²) in [7, 11) is 1.50. The number of aliphatic imine (C=N–C) groups is 1. The number of fused-ring (bicyclic) bond motifs is 1. The van der Waals surface area contributed by atoms with Crippen molar-refractivity contribution in [1.82, 2.24) is 9.97 Å². The quantitative estimate of drug-likeness (QED) is 0.559. The van der Waals surface area contributed by atoms with Gasteiger partial charge in [0.15, 0.2) is 5.60 Å². The lowest BCUT2D eigenvalue weighted by molar-refractivity contribution is -0.0613. The Balaban J connectivity index is 2.06. The Kier molecular flexibility index (Phi) is 3.83. The van der Waals surface area contributed by atoms with Crippen LogP contribution in [0.1, 0.15) is 11.7 Å². The summed E-state index contributed by atoms with van der Waals surface area (Å²) in [5.41, 5.74) is 5.53. The minimum atomic E-state index is -1.44. The van der Waals surface area contributed by atoms with E-state index in [1.165, 1.54) is 30.9 Å². The molecular formula is C13H16N4O4S. The molecular weight excluding hydrogens is 308 g/mol. The van der Waals surface area contributed by atoms with E-state index < -0.39 is 30.5 Å². The molecule has 0 amide bonds. The van der Waals surface area contributed by atoms with Gasteiger partial charge < -0.3 is 25.8 Å². The van der Waals surface area contributed by atoms with Gasteiger partial charge in [-0.05, 0) is 5.38 Å². The van der Waals surface area contributed by atoms with Crippen LogP contribution in [0, 0.1) is 0 Å². The number of aliphatic hydroxyl groups is 3. The van der Waals surface area contributed by atoms with Crippen molar-refractivity contribution in [3.63, 3.8) is 0 Å². The van der Waals surface area contributed by atoms with Gasteiger partial charge in [0, 0.05) is 18.8 Å². The highest BCUT2D eigenvalue weighted by molar-refractivity contribution is 7.17. The number of ether oxygens (including phenoxy) is 1. The van der Waals surface area contributed by atoms with Crippen molar-refractivity contribution >= 4 is 33.6 Å². The molecule has 2 aromatic heterocycles. The Morgan fingerprint density at radius 2 is 2.27 bits per heavy atom. The first-order valence-corrected chi connectivity index (χ1v) is 7.47. The molecule has 5 N–H and O–H groups in total. The second-order valence-corrected chi connectivity index (χ2v) is 5.98. The topological polar surface area (TPSA) is 134 Å². The maximum Gasteiger partial charge on any atom is 0.155 e. The second kappa shape index (κ2) is 5.52. The number of nitrogen functional groups attached to an aromatic ring is 1.